The van der Waals surface area contributed by atoms with Gasteiger partial charge in [0.2, 0.25) is 5.91 Å². The summed E-state index contributed by atoms with van der Waals surface area (Å²) in [6.45, 7) is 1.47. The van der Waals surface area contributed by atoms with Crippen LogP contribution in [0.15, 0.2) is 24.3 Å². The average Bonchev–Trinajstić information content (AvgIpc) is 2.65. The molecule has 1 saturated heterocycles. The van der Waals surface area contributed by atoms with E-state index in [1.165, 1.54) is 19.1 Å². The highest BCUT2D eigenvalue weighted by Gasteiger charge is 2.49. The van der Waals surface area contributed by atoms with Crippen molar-refractivity contribution in [3.05, 3.63) is 35.4 Å². The molecule has 4 nitrogen and oxygen atoms in total. The molecule has 108 valence electrons. The van der Waals surface area contributed by atoms with Crippen LogP contribution in [0.3, 0.4) is 0 Å². The number of aliphatic carboxylic acids is 1. The minimum atomic E-state index is -4.51. The summed E-state index contributed by atoms with van der Waals surface area (Å²) in [5.74, 6) is -1.76. The van der Waals surface area contributed by atoms with E-state index in [2.05, 4.69) is 5.32 Å². The van der Waals surface area contributed by atoms with Crippen molar-refractivity contribution in [2.24, 2.45) is 0 Å². The van der Waals surface area contributed by atoms with Gasteiger partial charge < -0.3 is 10.4 Å². The van der Waals surface area contributed by atoms with Gasteiger partial charge in [-0.15, -0.1) is 0 Å². The minimum Gasteiger partial charge on any atom is -0.480 e. The Bertz CT molecular complexity index is 570. The fourth-order valence-electron chi connectivity index (χ4n) is 2.46. The first kappa shape index (κ1) is 14.4. The van der Waals surface area contributed by atoms with Crippen molar-refractivity contribution < 1.29 is 27.9 Å². The maximum atomic E-state index is 12.7. The van der Waals surface area contributed by atoms with Gasteiger partial charge in [0, 0.05) is 11.8 Å². The number of rotatable bonds is 2. The number of carboxylic acid groups (broad SMARTS) is 1. The highest BCUT2D eigenvalue weighted by Crippen LogP contribution is 2.38. The van der Waals surface area contributed by atoms with E-state index in [9.17, 15) is 22.8 Å². The first-order valence-corrected chi connectivity index (χ1v) is 5.84. The fourth-order valence-corrected chi connectivity index (χ4v) is 2.46. The van der Waals surface area contributed by atoms with Gasteiger partial charge in [0.15, 0.2) is 0 Å². The van der Waals surface area contributed by atoms with E-state index in [-0.39, 0.29) is 12.0 Å². The molecule has 0 saturated carbocycles. The Morgan fingerprint density at radius 2 is 2.10 bits per heavy atom. The lowest BCUT2D eigenvalue weighted by Crippen LogP contribution is -2.44. The molecular weight excluding hydrogens is 275 g/mol. The largest absolute Gasteiger partial charge is 0.480 e. The number of alkyl halides is 3. The van der Waals surface area contributed by atoms with Crippen LogP contribution < -0.4 is 5.32 Å². The zero-order valence-electron chi connectivity index (χ0n) is 10.5. The number of carboxylic acids is 1. The summed E-state index contributed by atoms with van der Waals surface area (Å²) in [6.07, 6.45) is -4.67. The Labute approximate surface area is 112 Å². The quantitative estimate of drug-likeness (QED) is 0.873. The monoisotopic (exact) mass is 287 g/mol. The molecule has 0 radical (unpaired) electrons. The molecule has 1 heterocycles. The summed E-state index contributed by atoms with van der Waals surface area (Å²) < 4.78 is 38.1. The van der Waals surface area contributed by atoms with Crippen LogP contribution in [-0.2, 0) is 21.2 Å². The fraction of sp³-hybridized carbons (Fsp3) is 0.385. The van der Waals surface area contributed by atoms with Gasteiger partial charge in [0.1, 0.15) is 6.04 Å². The molecule has 1 aliphatic heterocycles. The van der Waals surface area contributed by atoms with Crippen LogP contribution in [-0.4, -0.2) is 23.0 Å². The summed E-state index contributed by atoms with van der Waals surface area (Å²) >= 11 is 0. The van der Waals surface area contributed by atoms with E-state index in [1.807, 2.05) is 0 Å². The van der Waals surface area contributed by atoms with Crippen LogP contribution >= 0.6 is 0 Å². The molecule has 0 spiro atoms. The van der Waals surface area contributed by atoms with E-state index in [0.717, 1.165) is 12.1 Å². The van der Waals surface area contributed by atoms with Gasteiger partial charge >= 0.3 is 12.1 Å². The van der Waals surface area contributed by atoms with Crippen molar-refractivity contribution in [3.8, 4) is 0 Å². The number of benzene rings is 1. The SMILES string of the molecule is CC1(c2cccc(C(F)(F)F)c2)CC(=O)NC1C(=O)O. The summed E-state index contributed by atoms with van der Waals surface area (Å²) in [4.78, 5) is 22.6. The van der Waals surface area contributed by atoms with Crippen molar-refractivity contribution in [2.45, 2.75) is 31.0 Å². The second kappa shape index (κ2) is 4.50. The molecule has 7 heteroatoms. The van der Waals surface area contributed by atoms with Crippen LogP contribution in [0.5, 0.6) is 0 Å². The highest BCUT2D eigenvalue weighted by molar-refractivity contribution is 5.90. The molecule has 0 aromatic heterocycles. The minimum absolute atomic E-state index is 0.161. The molecule has 0 bridgehead atoms. The molecular formula is C13H12F3NO3. The molecule has 1 amide bonds. The maximum absolute atomic E-state index is 12.7. The second-order valence-corrected chi connectivity index (χ2v) is 5.01. The normalized spacial score (nSPS) is 26.4. The van der Waals surface area contributed by atoms with Gasteiger partial charge in [-0.2, -0.15) is 13.2 Å². The van der Waals surface area contributed by atoms with Gasteiger partial charge in [-0.05, 0) is 11.6 Å². The molecule has 1 fully saturated rings. The molecule has 2 rings (SSSR count). The third-order valence-electron chi connectivity index (χ3n) is 3.57. The van der Waals surface area contributed by atoms with Gasteiger partial charge in [-0.3, -0.25) is 4.79 Å². The average molecular weight is 287 g/mol. The lowest BCUT2D eigenvalue weighted by molar-refractivity contribution is -0.141. The summed E-state index contributed by atoms with van der Waals surface area (Å²) in [6, 6.07) is 3.19. The highest BCUT2D eigenvalue weighted by atomic mass is 19.4. The maximum Gasteiger partial charge on any atom is 0.416 e. The van der Waals surface area contributed by atoms with Crippen LogP contribution in [0.25, 0.3) is 0 Å². The molecule has 1 aromatic rings. The number of halogens is 3. The van der Waals surface area contributed by atoms with Crippen LogP contribution in [0.4, 0.5) is 13.2 Å². The van der Waals surface area contributed by atoms with Crippen molar-refractivity contribution in [2.75, 3.05) is 0 Å². The van der Waals surface area contributed by atoms with E-state index in [0.29, 0.717) is 0 Å². The first-order valence-electron chi connectivity index (χ1n) is 5.84. The Kier molecular flexibility index (Phi) is 3.23. The number of carbonyl (C=O) groups is 2. The summed E-state index contributed by atoms with van der Waals surface area (Å²) in [5, 5.41) is 11.4. The third-order valence-corrected chi connectivity index (χ3v) is 3.57. The van der Waals surface area contributed by atoms with Gasteiger partial charge in [0.05, 0.1) is 5.56 Å². The smallest absolute Gasteiger partial charge is 0.416 e. The van der Waals surface area contributed by atoms with Crippen LogP contribution in [0, 0.1) is 0 Å². The van der Waals surface area contributed by atoms with Gasteiger partial charge in [0.25, 0.3) is 0 Å². The van der Waals surface area contributed by atoms with E-state index < -0.39 is 35.1 Å². The number of hydrogen-bond acceptors (Lipinski definition) is 2. The van der Waals surface area contributed by atoms with E-state index in [4.69, 9.17) is 5.11 Å². The molecule has 2 atom stereocenters. The van der Waals surface area contributed by atoms with Crippen LogP contribution in [0.2, 0.25) is 0 Å². The molecule has 20 heavy (non-hydrogen) atoms. The zero-order chi connectivity index (χ0) is 15.1. The third kappa shape index (κ3) is 2.35. The predicted molar refractivity (Wildman–Crippen MR) is 63.0 cm³/mol. The number of amides is 1. The van der Waals surface area contributed by atoms with Gasteiger partial charge in [-0.1, -0.05) is 25.1 Å². The zero-order valence-corrected chi connectivity index (χ0v) is 10.5. The first-order chi connectivity index (χ1) is 9.14. The van der Waals surface area contributed by atoms with Crippen molar-refractivity contribution in [3.63, 3.8) is 0 Å². The Balaban J connectivity index is 2.49. The molecule has 0 aliphatic carbocycles. The van der Waals surface area contributed by atoms with Gasteiger partial charge in [-0.25, -0.2) is 4.79 Å². The van der Waals surface area contributed by atoms with Crippen molar-refractivity contribution in [1.29, 1.82) is 0 Å². The Morgan fingerprint density at radius 3 is 2.65 bits per heavy atom. The number of hydrogen-bond donors (Lipinski definition) is 2. The van der Waals surface area contributed by atoms with Crippen molar-refractivity contribution in [1.82, 2.24) is 5.32 Å². The Morgan fingerprint density at radius 1 is 1.45 bits per heavy atom. The van der Waals surface area contributed by atoms with Crippen LogP contribution in [0.1, 0.15) is 24.5 Å². The number of nitrogens with one attached hydrogen (secondary N) is 1. The van der Waals surface area contributed by atoms with E-state index in [1.54, 1.807) is 0 Å². The molecule has 2 N–H and O–H groups in total. The molecule has 2 unspecified atom stereocenters. The molecule has 1 aromatic carbocycles. The lowest BCUT2D eigenvalue weighted by atomic mass is 9.75. The van der Waals surface area contributed by atoms with E-state index >= 15 is 0 Å². The predicted octanol–water partition coefficient (Wildman–Crippen LogP) is 1.94. The lowest BCUT2D eigenvalue weighted by Gasteiger charge is -2.28. The number of carbonyl (C=O) groups excluding carboxylic acids is 1. The standard InChI is InChI=1S/C13H12F3NO3/c1-12(6-9(18)17-10(12)11(19)20)7-3-2-4-8(5-7)13(14,15)16/h2-5,10H,6H2,1H3,(H,17,18)(H,19,20). The van der Waals surface area contributed by atoms with Crippen molar-refractivity contribution >= 4 is 11.9 Å². The summed E-state index contributed by atoms with van der Waals surface area (Å²) in [7, 11) is 0. The topological polar surface area (TPSA) is 66.4 Å². The second-order valence-electron chi connectivity index (χ2n) is 5.01. The Hall–Kier alpha value is -2.05. The molecule has 1 aliphatic rings. The summed E-state index contributed by atoms with van der Waals surface area (Å²) in [5.41, 5.74) is -1.89.